The molecule has 0 atom stereocenters. The average molecular weight is 377 g/mol. The summed E-state index contributed by atoms with van der Waals surface area (Å²) in [6.45, 7) is 2.13. The number of aromatic nitrogens is 1. The molecule has 0 fully saturated rings. The third kappa shape index (κ3) is 3.42. The lowest BCUT2D eigenvalue weighted by Gasteiger charge is -2.21. The van der Waals surface area contributed by atoms with E-state index in [4.69, 9.17) is 28.2 Å². The summed E-state index contributed by atoms with van der Waals surface area (Å²) in [4.78, 5) is 4.80. The molecule has 1 aromatic carbocycles. The van der Waals surface area contributed by atoms with E-state index in [-0.39, 0.29) is 0 Å². The van der Waals surface area contributed by atoms with Gasteiger partial charge in [0.1, 0.15) is 11.1 Å². The molecule has 24 heavy (non-hydrogen) atoms. The van der Waals surface area contributed by atoms with E-state index in [0.717, 1.165) is 47.5 Å². The van der Waals surface area contributed by atoms with Gasteiger partial charge in [-0.25, -0.2) is 4.98 Å². The monoisotopic (exact) mass is 376 g/mol. The van der Waals surface area contributed by atoms with Gasteiger partial charge in [-0.05, 0) is 60.9 Å². The summed E-state index contributed by atoms with van der Waals surface area (Å²) in [5, 5.41) is 11.8. The molecule has 5 heteroatoms. The molecule has 1 heterocycles. The molecule has 0 radical (unpaired) electrons. The first-order valence-corrected chi connectivity index (χ1v) is 9.90. The van der Waals surface area contributed by atoms with Crippen molar-refractivity contribution in [2.24, 2.45) is 0 Å². The van der Waals surface area contributed by atoms with Gasteiger partial charge in [-0.3, -0.25) is 0 Å². The number of halogens is 2. The van der Waals surface area contributed by atoms with Gasteiger partial charge in [0.05, 0.1) is 5.56 Å². The van der Waals surface area contributed by atoms with Gasteiger partial charge in [-0.15, -0.1) is 11.8 Å². The molecule has 2 nitrogen and oxygen atoms in total. The second-order valence-corrected chi connectivity index (χ2v) is 7.64. The lowest BCUT2D eigenvalue weighted by molar-refractivity contribution is 0.664. The Morgan fingerprint density at radius 2 is 1.83 bits per heavy atom. The molecule has 1 aliphatic carbocycles. The van der Waals surface area contributed by atoms with Gasteiger partial charge >= 0.3 is 0 Å². The fourth-order valence-corrected chi connectivity index (χ4v) is 4.97. The van der Waals surface area contributed by atoms with E-state index >= 15 is 0 Å². The molecule has 0 saturated carbocycles. The molecule has 0 spiro atoms. The Bertz CT molecular complexity index is 792. The normalized spacial score (nSPS) is 13.4. The SMILES string of the molecule is CCc1nc(SCc2c(Cl)cccc2Cl)c(C#N)c2c1CCCC2. The van der Waals surface area contributed by atoms with Crippen LogP contribution in [0.3, 0.4) is 0 Å². The minimum atomic E-state index is 0.613. The van der Waals surface area contributed by atoms with Crippen molar-refractivity contribution in [1.82, 2.24) is 4.98 Å². The summed E-state index contributed by atoms with van der Waals surface area (Å²) in [6.07, 6.45) is 5.26. The summed E-state index contributed by atoms with van der Waals surface area (Å²) < 4.78 is 0. The van der Waals surface area contributed by atoms with E-state index in [0.29, 0.717) is 15.8 Å². The summed E-state index contributed by atoms with van der Waals surface area (Å²) in [7, 11) is 0. The number of thioether (sulfide) groups is 1. The lowest BCUT2D eigenvalue weighted by Crippen LogP contribution is -2.12. The molecule has 3 rings (SSSR count). The van der Waals surface area contributed by atoms with Crippen LogP contribution in [0.5, 0.6) is 0 Å². The van der Waals surface area contributed by atoms with E-state index in [1.807, 2.05) is 18.2 Å². The molecule has 0 saturated heterocycles. The molecule has 0 aliphatic heterocycles. The highest BCUT2D eigenvalue weighted by molar-refractivity contribution is 7.98. The highest BCUT2D eigenvalue weighted by atomic mass is 35.5. The summed E-state index contributed by atoms with van der Waals surface area (Å²) in [5.74, 6) is 0.613. The molecule has 1 aliphatic rings. The van der Waals surface area contributed by atoms with Crippen molar-refractivity contribution in [3.8, 4) is 6.07 Å². The number of rotatable bonds is 4. The fraction of sp³-hybridized carbons (Fsp3) is 0.368. The minimum absolute atomic E-state index is 0.613. The zero-order valence-electron chi connectivity index (χ0n) is 13.5. The molecule has 0 amide bonds. The molecular weight excluding hydrogens is 359 g/mol. The van der Waals surface area contributed by atoms with E-state index in [2.05, 4.69) is 13.0 Å². The summed E-state index contributed by atoms with van der Waals surface area (Å²) >= 11 is 14.1. The van der Waals surface area contributed by atoms with Crippen LogP contribution in [-0.2, 0) is 25.0 Å². The highest BCUT2D eigenvalue weighted by Gasteiger charge is 2.22. The Labute approximate surface area is 157 Å². The topological polar surface area (TPSA) is 36.7 Å². The first kappa shape index (κ1) is 17.6. The van der Waals surface area contributed by atoms with Gasteiger partial charge in [-0.2, -0.15) is 5.26 Å². The van der Waals surface area contributed by atoms with Crippen molar-refractivity contribution < 1.29 is 0 Å². The van der Waals surface area contributed by atoms with Crippen molar-refractivity contribution in [1.29, 1.82) is 5.26 Å². The smallest absolute Gasteiger partial charge is 0.115 e. The van der Waals surface area contributed by atoms with Crippen molar-refractivity contribution >= 4 is 35.0 Å². The van der Waals surface area contributed by atoms with Gasteiger partial charge in [0.25, 0.3) is 0 Å². The second kappa shape index (κ2) is 7.78. The van der Waals surface area contributed by atoms with Gasteiger partial charge in [0.2, 0.25) is 0 Å². The van der Waals surface area contributed by atoms with Gasteiger partial charge in [0.15, 0.2) is 0 Å². The molecule has 0 N–H and O–H groups in total. The maximum atomic E-state index is 9.69. The fourth-order valence-electron chi connectivity index (χ4n) is 3.20. The Balaban J connectivity index is 1.97. The third-order valence-corrected chi connectivity index (χ3v) is 6.14. The van der Waals surface area contributed by atoms with E-state index in [9.17, 15) is 5.26 Å². The average Bonchev–Trinajstić information content (AvgIpc) is 2.60. The zero-order valence-corrected chi connectivity index (χ0v) is 15.9. The molecule has 0 bridgehead atoms. The number of hydrogen-bond acceptors (Lipinski definition) is 3. The predicted octanol–water partition coefficient (Wildman–Crippen LogP) is 5.99. The Kier molecular flexibility index (Phi) is 5.71. The lowest BCUT2D eigenvalue weighted by atomic mass is 9.87. The Morgan fingerprint density at radius 3 is 2.46 bits per heavy atom. The molecule has 2 aromatic rings. The Hall–Kier alpha value is -1.21. The maximum Gasteiger partial charge on any atom is 0.115 e. The number of hydrogen-bond donors (Lipinski definition) is 0. The van der Waals surface area contributed by atoms with Crippen molar-refractivity contribution in [2.75, 3.05) is 0 Å². The van der Waals surface area contributed by atoms with E-state index in [1.165, 1.54) is 17.5 Å². The zero-order chi connectivity index (χ0) is 17.1. The van der Waals surface area contributed by atoms with Crippen LogP contribution in [0.15, 0.2) is 23.2 Å². The minimum Gasteiger partial charge on any atom is -0.245 e. The van der Waals surface area contributed by atoms with Crippen LogP contribution < -0.4 is 0 Å². The number of nitriles is 1. The number of benzene rings is 1. The quantitative estimate of drug-likeness (QED) is 0.614. The number of nitrogens with zero attached hydrogens (tertiary/aromatic N) is 2. The number of aryl methyl sites for hydroxylation is 1. The maximum absolute atomic E-state index is 9.69. The van der Waals surface area contributed by atoms with Gasteiger partial charge < -0.3 is 0 Å². The largest absolute Gasteiger partial charge is 0.245 e. The number of fused-ring (bicyclic) bond motifs is 1. The van der Waals surface area contributed by atoms with Crippen LogP contribution in [0, 0.1) is 11.3 Å². The predicted molar refractivity (Wildman–Crippen MR) is 101 cm³/mol. The van der Waals surface area contributed by atoms with Crippen LogP contribution in [0.25, 0.3) is 0 Å². The molecular formula is C19H18Cl2N2S. The van der Waals surface area contributed by atoms with Gasteiger partial charge in [0, 0.05) is 21.5 Å². The summed E-state index contributed by atoms with van der Waals surface area (Å²) in [5.41, 5.74) is 5.29. The van der Waals surface area contributed by atoms with Crippen molar-refractivity contribution in [3.63, 3.8) is 0 Å². The third-order valence-electron chi connectivity index (χ3n) is 4.43. The first-order valence-electron chi connectivity index (χ1n) is 8.16. The molecule has 1 aromatic heterocycles. The van der Waals surface area contributed by atoms with Crippen molar-refractivity contribution in [3.05, 3.63) is 56.2 Å². The summed E-state index contributed by atoms with van der Waals surface area (Å²) in [6, 6.07) is 7.91. The molecule has 124 valence electrons. The van der Waals surface area contributed by atoms with E-state index < -0.39 is 0 Å². The van der Waals surface area contributed by atoms with Crippen molar-refractivity contribution in [2.45, 2.75) is 49.8 Å². The number of pyridine rings is 1. The first-order chi connectivity index (χ1) is 11.7. The standard InChI is InChI=1S/C19H18Cl2N2S/c1-2-18-13-7-4-3-6-12(13)14(10-22)19(23-18)24-11-15-16(20)8-5-9-17(15)21/h5,8-9H,2-4,6-7,11H2,1H3. The van der Waals surface area contributed by atoms with Crippen LogP contribution in [-0.4, -0.2) is 4.98 Å². The highest BCUT2D eigenvalue weighted by Crippen LogP contribution is 2.36. The van der Waals surface area contributed by atoms with Crippen LogP contribution in [0.2, 0.25) is 10.0 Å². The van der Waals surface area contributed by atoms with E-state index in [1.54, 1.807) is 11.8 Å². The van der Waals surface area contributed by atoms with Gasteiger partial charge in [-0.1, -0.05) is 36.2 Å². The second-order valence-electron chi connectivity index (χ2n) is 5.86. The van der Waals surface area contributed by atoms with Crippen LogP contribution in [0.4, 0.5) is 0 Å². The van der Waals surface area contributed by atoms with Crippen LogP contribution in [0.1, 0.15) is 47.7 Å². The Morgan fingerprint density at radius 1 is 1.17 bits per heavy atom. The van der Waals surface area contributed by atoms with Crippen LogP contribution >= 0.6 is 35.0 Å². The molecule has 0 unspecified atom stereocenters.